The lowest BCUT2D eigenvalue weighted by molar-refractivity contribution is -0.137. The maximum absolute atomic E-state index is 12.3. The molecule has 4 heteroatoms. The van der Waals surface area contributed by atoms with Crippen molar-refractivity contribution in [2.75, 3.05) is 26.2 Å². The lowest BCUT2D eigenvalue weighted by Crippen LogP contribution is -2.53. The minimum absolute atomic E-state index is 0.0157. The van der Waals surface area contributed by atoms with E-state index in [-0.39, 0.29) is 6.04 Å². The second-order valence-corrected chi connectivity index (χ2v) is 5.32. The number of hydrogen-bond donors (Lipinski definition) is 1. The molecule has 2 N–H and O–H groups in total. The second-order valence-electron chi connectivity index (χ2n) is 5.32. The van der Waals surface area contributed by atoms with E-state index in [1.165, 1.54) is 32.1 Å². The maximum Gasteiger partial charge on any atom is 0.239 e. The van der Waals surface area contributed by atoms with E-state index in [0.29, 0.717) is 18.5 Å². The molecule has 1 saturated heterocycles. The molecule has 17 heavy (non-hydrogen) atoms. The highest BCUT2D eigenvalue weighted by atomic mass is 16.2. The average molecular weight is 239 g/mol. The first-order valence-corrected chi connectivity index (χ1v) is 6.98. The SMILES string of the molecule is CC(C(=O)N1CCCC1)N(CCN)C1CCC1. The first-order chi connectivity index (χ1) is 8.24. The molecule has 0 bridgehead atoms. The van der Waals surface area contributed by atoms with Gasteiger partial charge in [-0.1, -0.05) is 6.42 Å². The zero-order valence-electron chi connectivity index (χ0n) is 10.9. The Morgan fingerprint density at radius 2 is 2.00 bits per heavy atom. The molecule has 0 aromatic rings. The highest BCUT2D eigenvalue weighted by Gasteiger charge is 2.33. The minimum atomic E-state index is 0.0157. The van der Waals surface area contributed by atoms with E-state index in [1.54, 1.807) is 0 Å². The van der Waals surface area contributed by atoms with E-state index < -0.39 is 0 Å². The van der Waals surface area contributed by atoms with Crippen molar-refractivity contribution in [3.63, 3.8) is 0 Å². The van der Waals surface area contributed by atoms with Crippen LogP contribution >= 0.6 is 0 Å². The van der Waals surface area contributed by atoms with Gasteiger partial charge in [0.15, 0.2) is 0 Å². The predicted octanol–water partition coefficient (Wildman–Crippen LogP) is 0.811. The molecule has 1 unspecified atom stereocenters. The van der Waals surface area contributed by atoms with Gasteiger partial charge in [-0.15, -0.1) is 0 Å². The van der Waals surface area contributed by atoms with Gasteiger partial charge in [-0.05, 0) is 32.6 Å². The number of hydrogen-bond acceptors (Lipinski definition) is 3. The first kappa shape index (κ1) is 12.8. The molecule has 2 fully saturated rings. The number of likely N-dealkylation sites (tertiary alicyclic amines) is 1. The minimum Gasteiger partial charge on any atom is -0.341 e. The molecular formula is C13H25N3O. The molecule has 0 aromatic carbocycles. The quantitative estimate of drug-likeness (QED) is 0.772. The van der Waals surface area contributed by atoms with Crippen LogP contribution in [0.1, 0.15) is 39.0 Å². The van der Waals surface area contributed by atoms with Crippen LogP contribution in [0.15, 0.2) is 0 Å². The average Bonchev–Trinajstić information content (AvgIpc) is 2.77. The third-order valence-electron chi connectivity index (χ3n) is 4.20. The van der Waals surface area contributed by atoms with Gasteiger partial charge in [0.25, 0.3) is 0 Å². The Kier molecular flexibility index (Phi) is 4.40. The molecule has 98 valence electrons. The Labute approximate surface area is 104 Å². The van der Waals surface area contributed by atoms with Crippen molar-refractivity contribution >= 4 is 5.91 Å². The van der Waals surface area contributed by atoms with Gasteiger partial charge >= 0.3 is 0 Å². The number of carbonyl (C=O) groups is 1. The monoisotopic (exact) mass is 239 g/mol. The van der Waals surface area contributed by atoms with E-state index in [0.717, 1.165) is 19.6 Å². The van der Waals surface area contributed by atoms with Gasteiger partial charge in [-0.25, -0.2) is 0 Å². The topological polar surface area (TPSA) is 49.6 Å². The Hall–Kier alpha value is -0.610. The summed E-state index contributed by atoms with van der Waals surface area (Å²) >= 11 is 0. The zero-order valence-corrected chi connectivity index (χ0v) is 10.9. The normalized spacial score (nSPS) is 22.9. The summed E-state index contributed by atoms with van der Waals surface area (Å²) in [6.45, 7) is 5.45. The Bertz CT molecular complexity index is 259. The van der Waals surface area contributed by atoms with Crippen molar-refractivity contribution in [2.45, 2.75) is 51.1 Å². The smallest absolute Gasteiger partial charge is 0.239 e. The van der Waals surface area contributed by atoms with Gasteiger partial charge in [0, 0.05) is 32.2 Å². The molecule has 4 nitrogen and oxygen atoms in total. The van der Waals surface area contributed by atoms with Crippen molar-refractivity contribution < 1.29 is 4.79 Å². The van der Waals surface area contributed by atoms with E-state index >= 15 is 0 Å². The van der Waals surface area contributed by atoms with Gasteiger partial charge < -0.3 is 10.6 Å². The van der Waals surface area contributed by atoms with E-state index in [1.807, 2.05) is 4.90 Å². The number of carbonyl (C=O) groups excluding carboxylic acids is 1. The van der Waals surface area contributed by atoms with Crippen molar-refractivity contribution in [2.24, 2.45) is 5.73 Å². The molecule has 1 heterocycles. The molecule has 0 spiro atoms. The van der Waals surface area contributed by atoms with Gasteiger partial charge in [0.2, 0.25) is 5.91 Å². The van der Waals surface area contributed by atoms with E-state index in [9.17, 15) is 4.79 Å². The van der Waals surface area contributed by atoms with Crippen molar-refractivity contribution in [1.29, 1.82) is 0 Å². The molecule has 1 aliphatic heterocycles. The number of amides is 1. The molecule has 2 aliphatic rings. The largest absolute Gasteiger partial charge is 0.341 e. The number of nitrogens with zero attached hydrogens (tertiary/aromatic N) is 2. The van der Waals surface area contributed by atoms with Crippen LogP contribution < -0.4 is 5.73 Å². The van der Waals surface area contributed by atoms with Crippen LogP contribution in [0.5, 0.6) is 0 Å². The fourth-order valence-electron chi connectivity index (χ4n) is 2.90. The highest BCUT2D eigenvalue weighted by molar-refractivity contribution is 5.81. The van der Waals surface area contributed by atoms with Crippen LogP contribution in [-0.4, -0.2) is 54.0 Å². The Morgan fingerprint density at radius 1 is 1.35 bits per heavy atom. The molecule has 1 amide bonds. The van der Waals surface area contributed by atoms with E-state index in [4.69, 9.17) is 5.73 Å². The standard InChI is InChI=1S/C13H25N3O/c1-11(13(17)15-8-2-3-9-15)16(10-7-14)12-5-4-6-12/h11-12H,2-10,14H2,1H3. The first-order valence-electron chi connectivity index (χ1n) is 6.98. The molecule has 0 radical (unpaired) electrons. The predicted molar refractivity (Wildman–Crippen MR) is 68.7 cm³/mol. The van der Waals surface area contributed by atoms with E-state index in [2.05, 4.69) is 11.8 Å². The lowest BCUT2D eigenvalue weighted by atomic mass is 9.90. The van der Waals surface area contributed by atoms with Crippen LogP contribution in [0, 0.1) is 0 Å². The fraction of sp³-hybridized carbons (Fsp3) is 0.923. The second kappa shape index (κ2) is 5.83. The van der Waals surface area contributed by atoms with Gasteiger partial charge in [0.1, 0.15) is 0 Å². The summed E-state index contributed by atoms with van der Waals surface area (Å²) in [6, 6.07) is 0.613. The molecule has 1 aliphatic carbocycles. The summed E-state index contributed by atoms with van der Waals surface area (Å²) in [5, 5.41) is 0. The molecular weight excluding hydrogens is 214 g/mol. The van der Waals surface area contributed by atoms with Crippen molar-refractivity contribution in [1.82, 2.24) is 9.80 Å². The number of rotatable bonds is 5. The molecule has 1 saturated carbocycles. The van der Waals surface area contributed by atoms with Gasteiger partial charge in [-0.2, -0.15) is 0 Å². The Balaban J connectivity index is 1.93. The fourth-order valence-corrected chi connectivity index (χ4v) is 2.90. The van der Waals surface area contributed by atoms with Crippen LogP contribution in [0.4, 0.5) is 0 Å². The number of nitrogens with two attached hydrogens (primary N) is 1. The highest BCUT2D eigenvalue weighted by Crippen LogP contribution is 2.27. The summed E-state index contributed by atoms with van der Waals surface area (Å²) < 4.78 is 0. The summed E-state index contributed by atoms with van der Waals surface area (Å²) in [6.07, 6.45) is 6.10. The Morgan fingerprint density at radius 3 is 2.47 bits per heavy atom. The van der Waals surface area contributed by atoms with Crippen LogP contribution in [-0.2, 0) is 4.79 Å². The third-order valence-corrected chi connectivity index (χ3v) is 4.20. The van der Waals surface area contributed by atoms with Crippen LogP contribution in [0.3, 0.4) is 0 Å². The van der Waals surface area contributed by atoms with Crippen molar-refractivity contribution in [3.05, 3.63) is 0 Å². The maximum atomic E-state index is 12.3. The van der Waals surface area contributed by atoms with Gasteiger partial charge in [0.05, 0.1) is 6.04 Å². The third kappa shape index (κ3) is 2.80. The summed E-state index contributed by atoms with van der Waals surface area (Å²) in [4.78, 5) is 16.7. The molecule has 1 atom stereocenters. The summed E-state index contributed by atoms with van der Waals surface area (Å²) in [7, 11) is 0. The summed E-state index contributed by atoms with van der Waals surface area (Å²) in [5.74, 6) is 0.308. The molecule has 2 rings (SSSR count). The zero-order chi connectivity index (χ0) is 12.3. The molecule has 0 aromatic heterocycles. The van der Waals surface area contributed by atoms with Crippen molar-refractivity contribution in [3.8, 4) is 0 Å². The van der Waals surface area contributed by atoms with Crippen LogP contribution in [0.25, 0.3) is 0 Å². The van der Waals surface area contributed by atoms with Crippen LogP contribution in [0.2, 0.25) is 0 Å². The van der Waals surface area contributed by atoms with Gasteiger partial charge in [-0.3, -0.25) is 9.69 Å². The summed E-state index contributed by atoms with van der Waals surface area (Å²) in [5.41, 5.74) is 5.67. The lowest BCUT2D eigenvalue weighted by Gasteiger charge is -2.41.